The molecule has 7 heteroatoms. The molecule has 2 heterocycles. The predicted octanol–water partition coefficient (Wildman–Crippen LogP) is 0.167. The topological polar surface area (TPSA) is 75.1 Å². The normalized spacial score (nSPS) is 25.4. The van der Waals surface area contributed by atoms with Crippen LogP contribution in [0.25, 0.3) is 0 Å². The van der Waals surface area contributed by atoms with Crippen LogP contribution in [0.15, 0.2) is 24.3 Å². The second kappa shape index (κ2) is 8.40. The van der Waals surface area contributed by atoms with Crippen LogP contribution in [0, 0.1) is 0 Å². The predicted molar refractivity (Wildman–Crippen MR) is 99.7 cm³/mol. The lowest BCUT2D eigenvalue weighted by Gasteiger charge is -2.21. The van der Waals surface area contributed by atoms with Crippen molar-refractivity contribution in [1.29, 1.82) is 0 Å². The summed E-state index contributed by atoms with van der Waals surface area (Å²) in [4.78, 5) is 27.8. The minimum Gasteiger partial charge on any atom is -0.497 e. The van der Waals surface area contributed by atoms with E-state index in [0.29, 0.717) is 31.3 Å². The van der Waals surface area contributed by atoms with Gasteiger partial charge in [-0.15, -0.1) is 0 Å². The number of hydrogen-bond donors (Lipinski definition) is 3. The third kappa shape index (κ3) is 4.27. The van der Waals surface area contributed by atoms with Crippen LogP contribution < -0.4 is 25.2 Å². The van der Waals surface area contributed by atoms with Crippen molar-refractivity contribution < 1.29 is 19.2 Å². The molecule has 0 saturated carbocycles. The minimum absolute atomic E-state index is 0.0148. The molecule has 0 spiro atoms. The monoisotopic (exact) mass is 361 g/mol. The number of nitrogens with one attached hydrogen (secondary N) is 3. The molecule has 2 saturated heterocycles. The number of anilines is 1. The van der Waals surface area contributed by atoms with E-state index in [1.54, 1.807) is 16.9 Å². The SMILES string of the molecule is CC[NH+]1CCC[C@H]1CNC(=O)N[C@@H]1CC(=O)N(c2cccc(OC)c2)C1. The van der Waals surface area contributed by atoms with Gasteiger partial charge in [-0.25, -0.2) is 4.79 Å². The van der Waals surface area contributed by atoms with Crippen LogP contribution in [0.2, 0.25) is 0 Å². The Morgan fingerprint density at radius 3 is 3.04 bits per heavy atom. The molecule has 1 aromatic rings. The fourth-order valence-corrected chi connectivity index (χ4v) is 3.98. The first-order chi connectivity index (χ1) is 12.6. The van der Waals surface area contributed by atoms with Gasteiger partial charge < -0.3 is 25.2 Å². The van der Waals surface area contributed by atoms with E-state index in [4.69, 9.17) is 4.74 Å². The molecule has 3 rings (SSSR count). The van der Waals surface area contributed by atoms with E-state index in [1.807, 2.05) is 24.3 Å². The Morgan fingerprint density at radius 1 is 1.42 bits per heavy atom. The number of likely N-dealkylation sites (tertiary alicyclic amines) is 1. The largest absolute Gasteiger partial charge is 0.497 e. The van der Waals surface area contributed by atoms with Gasteiger partial charge in [-0.2, -0.15) is 0 Å². The van der Waals surface area contributed by atoms with Crippen molar-refractivity contribution in [3.8, 4) is 5.75 Å². The molecule has 1 unspecified atom stereocenters. The summed E-state index contributed by atoms with van der Waals surface area (Å²) in [7, 11) is 1.60. The number of nitrogens with zero attached hydrogens (tertiary/aromatic N) is 1. The van der Waals surface area contributed by atoms with Gasteiger partial charge >= 0.3 is 6.03 Å². The summed E-state index contributed by atoms with van der Waals surface area (Å²) < 4.78 is 5.22. The first-order valence-corrected chi connectivity index (χ1v) is 9.44. The van der Waals surface area contributed by atoms with E-state index < -0.39 is 0 Å². The van der Waals surface area contributed by atoms with Gasteiger partial charge in [-0.05, 0) is 19.1 Å². The van der Waals surface area contributed by atoms with Crippen molar-refractivity contribution in [3.05, 3.63) is 24.3 Å². The lowest BCUT2D eigenvalue weighted by molar-refractivity contribution is -0.909. The highest BCUT2D eigenvalue weighted by Crippen LogP contribution is 2.25. The number of carbonyl (C=O) groups is 2. The highest BCUT2D eigenvalue weighted by molar-refractivity contribution is 5.97. The van der Waals surface area contributed by atoms with Crippen molar-refractivity contribution in [2.75, 3.05) is 38.2 Å². The van der Waals surface area contributed by atoms with Gasteiger partial charge in [0.05, 0.1) is 32.8 Å². The number of methoxy groups -OCH3 is 1. The number of benzene rings is 1. The average molecular weight is 361 g/mol. The Morgan fingerprint density at radius 2 is 2.27 bits per heavy atom. The van der Waals surface area contributed by atoms with E-state index in [-0.39, 0.29) is 18.0 Å². The summed E-state index contributed by atoms with van der Waals surface area (Å²) in [5.41, 5.74) is 0.798. The van der Waals surface area contributed by atoms with Crippen molar-refractivity contribution in [1.82, 2.24) is 10.6 Å². The highest BCUT2D eigenvalue weighted by atomic mass is 16.5. The van der Waals surface area contributed by atoms with E-state index in [2.05, 4.69) is 17.6 Å². The number of carbonyl (C=O) groups excluding carboxylic acids is 2. The first-order valence-electron chi connectivity index (χ1n) is 9.44. The van der Waals surface area contributed by atoms with Gasteiger partial charge in [0.25, 0.3) is 0 Å². The number of likely N-dealkylation sites (N-methyl/N-ethyl adjacent to an activating group) is 1. The molecule has 0 bridgehead atoms. The Bertz CT molecular complexity index is 651. The number of urea groups is 1. The van der Waals surface area contributed by atoms with Crippen molar-refractivity contribution >= 4 is 17.6 Å². The molecule has 1 aromatic carbocycles. The number of quaternary nitrogens is 1. The van der Waals surface area contributed by atoms with Crippen LogP contribution in [0.4, 0.5) is 10.5 Å². The Balaban J connectivity index is 1.50. The summed E-state index contributed by atoms with van der Waals surface area (Å²) >= 11 is 0. The number of ether oxygens (including phenoxy) is 1. The van der Waals surface area contributed by atoms with Gasteiger partial charge in [0.1, 0.15) is 11.8 Å². The maximum Gasteiger partial charge on any atom is 0.315 e. The molecule has 142 valence electrons. The van der Waals surface area contributed by atoms with E-state index in [0.717, 1.165) is 18.7 Å². The fraction of sp³-hybridized carbons (Fsp3) is 0.579. The molecular formula is C19H29N4O3+. The third-order valence-corrected chi connectivity index (χ3v) is 5.42. The van der Waals surface area contributed by atoms with Crippen LogP contribution in [0.5, 0.6) is 5.75 Å². The smallest absolute Gasteiger partial charge is 0.315 e. The van der Waals surface area contributed by atoms with Crippen molar-refractivity contribution in [3.63, 3.8) is 0 Å². The molecule has 0 aromatic heterocycles. The second-order valence-electron chi connectivity index (χ2n) is 7.06. The van der Waals surface area contributed by atoms with Gasteiger partial charge in [-0.1, -0.05) is 6.07 Å². The standard InChI is InChI=1S/C19H28N4O3/c1-3-22-9-5-7-16(22)12-20-19(25)21-14-10-18(24)23(13-14)15-6-4-8-17(11-15)26-2/h4,6,8,11,14,16H,3,5,7,9-10,12-13H2,1-2H3,(H2,20,21,25)/p+1/t14-,16+/m1/s1. The lowest BCUT2D eigenvalue weighted by atomic mass is 10.2. The van der Waals surface area contributed by atoms with Crippen LogP contribution in [0.1, 0.15) is 26.2 Å². The molecule has 2 aliphatic heterocycles. The number of amides is 3. The summed E-state index contributed by atoms with van der Waals surface area (Å²) in [6, 6.07) is 7.57. The summed E-state index contributed by atoms with van der Waals surface area (Å²) in [5.74, 6) is 0.727. The fourth-order valence-electron chi connectivity index (χ4n) is 3.98. The second-order valence-corrected chi connectivity index (χ2v) is 7.06. The van der Waals surface area contributed by atoms with Crippen molar-refractivity contribution in [2.45, 2.75) is 38.3 Å². The Kier molecular flexibility index (Phi) is 5.98. The van der Waals surface area contributed by atoms with Gasteiger partial charge in [-0.3, -0.25) is 4.79 Å². The average Bonchev–Trinajstić information content (AvgIpc) is 3.25. The first kappa shape index (κ1) is 18.5. The molecule has 26 heavy (non-hydrogen) atoms. The zero-order valence-electron chi connectivity index (χ0n) is 15.6. The van der Waals surface area contributed by atoms with Crippen LogP contribution >= 0.6 is 0 Å². The molecule has 3 atom stereocenters. The third-order valence-electron chi connectivity index (χ3n) is 5.42. The Hall–Kier alpha value is -2.28. The Labute approximate surface area is 154 Å². The maximum absolute atomic E-state index is 12.3. The van der Waals surface area contributed by atoms with Gasteiger partial charge in [0, 0.05) is 37.6 Å². The maximum atomic E-state index is 12.3. The minimum atomic E-state index is -0.183. The van der Waals surface area contributed by atoms with E-state index in [9.17, 15) is 9.59 Å². The molecule has 3 amide bonds. The van der Waals surface area contributed by atoms with Crippen LogP contribution in [0.3, 0.4) is 0 Å². The van der Waals surface area contributed by atoms with Gasteiger partial charge in [0.2, 0.25) is 5.91 Å². The van der Waals surface area contributed by atoms with E-state index in [1.165, 1.54) is 13.0 Å². The molecule has 2 fully saturated rings. The molecule has 7 nitrogen and oxygen atoms in total. The molecular weight excluding hydrogens is 332 g/mol. The van der Waals surface area contributed by atoms with E-state index >= 15 is 0 Å². The summed E-state index contributed by atoms with van der Waals surface area (Å²) in [5, 5.41) is 5.92. The van der Waals surface area contributed by atoms with Gasteiger partial charge in [0.15, 0.2) is 0 Å². The molecule has 3 N–H and O–H groups in total. The zero-order valence-corrected chi connectivity index (χ0v) is 15.6. The number of hydrogen-bond acceptors (Lipinski definition) is 3. The summed E-state index contributed by atoms with van der Waals surface area (Å²) in [6.45, 7) is 5.65. The quantitative estimate of drug-likeness (QED) is 0.676. The van der Waals surface area contributed by atoms with Crippen molar-refractivity contribution in [2.24, 2.45) is 0 Å². The molecule has 0 radical (unpaired) electrons. The number of rotatable bonds is 6. The van der Waals surface area contributed by atoms with Crippen LogP contribution in [-0.4, -0.2) is 57.3 Å². The lowest BCUT2D eigenvalue weighted by Crippen LogP contribution is -3.14. The highest BCUT2D eigenvalue weighted by Gasteiger charge is 2.32. The van der Waals surface area contributed by atoms with Crippen LogP contribution in [-0.2, 0) is 4.79 Å². The summed E-state index contributed by atoms with van der Waals surface area (Å²) in [6.07, 6.45) is 2.71. The zero-order chi connectivity index (χ0) is 18.5. The molecule has 0 aliphatic carbocycles. The molecule has 2 aliphatic rings.